The molecule has 0 aliphatic carbocycles. The molecule has 2 N–H and O–H groups in total. The maximum absolute atomic E-state index is 5.79. The van der Waals surface area contributed by atoms with Crippen molar-refractivity contribution in [2.75, 3.05) is 18.0 Å². The van der Waals surface area contributed by atoms with Crippen LogP contribution in [0, 0.1) is 0 Å². The predicted molar refractivity (Wildman–Crippen MR) is 81.2 cm³/mol. The molecule has 4 rings (SSSR count). The lowest BCUT2D eigenvalue weighted by molar-refractivity contribution is 0.555. The van der Waals surface area contributed by atoms with Crippen molar-refractivity contribution in [2.24, 2.45) is 5.73 Å². The molecule has 0 atom stereocenters. The van der Waals surface area contributed by atoms with Gasteiger partial charge in [-0.2, -0.15) is 0 Å². The van der Waals surface area contributed by atoms with E-state index in [1.807, 2.05) is 30.6 Å². The van der Waals surface area contributed by atoms with E-state index in [1.54, 1.807) is 0 Å². The second kappa shape index (κ2) is 4.89. The van der Waals surface area contributed by atoms with Gasteiger partial charge in [0.1, 0.15) is 11.5 Å². The van der Waals surface area contributed by atoms with Crippen molar-refractivity contribution < 1.29 is 0 Å². The van der Waals surface area contributed by atoms with Crippen LogP contribution in [0.5, 0.6) is 0 Å². The van der Waals surface area contributed by atoms with Gasteiger partial charge >= 0.3 is 0 Å². The van der Waals surface area contributed by atoms with E-state index in [2.05, 4.69) is 25.0 Å². The minimum Gasteiger partial charge on any atom is -0.346 e. The highest BCUT2D eigenvalue weighted by atomic mass is 15.3. The number of imidazole rings is 2. The van der Waals surface area contributed by atoms with Crippen LogP contribution in [0.2, 0.25) is 0 Å². The third kappa shape index (κ3) is 1.99. The molecule has 0 bridgehead atoms. The molecule has 0 radical (unpaired) electrons. The van der Waals surface area contributed by atoms with E-state index in [0.717, 1.165) is 43.3 Å². The lowest BCUT2D eigenvalue weighted by Gasteiger charge is -2.28. The summed E-state index contributed by atoms with van der Waals surface area (Å²) in [6.07, 6.45) is 6.79. The highest BCUT2D eigenvalue weighted by molar-refractivity contribution is 5.56. The zero-order chi connectivity index (χ0) is 14.2. The van der Waals surface area contributed by atoms with Crippen LogP contribution in [0.4, 0.5) is 5.82 Å². The fourth-order valence-corrected chi connectivity index (χ4v) is 3.01. The lowest BCUT2D eigenvalue weighted by atomic mass is 10.2. The van der Waals surface area contributed by atoms with Crippen molar-refractivity contribution >= 4 is 11.5 Å². The molecular formula is C15H18N6. The number of anilines is 1. The standard InChI is InChI=1S/C15H18N6/c16-5-4-12-15(18-13-3-1-2-7-21(12)13)20-10-9-19-8-6-17-14(19)11-20/h1-3,6-8H,4-5,9-11,16H2. The molecule has 0 aromatic carbocycles. The first kappa shape index (κ1) is 12.4. The van der Waals surface area contributed by atoms with Gasteiger partial charge in [0, 0.05) is 38.1 Å². The highest BCUT2D eigenvalue weighted by Crippen LogP contribution is 2.25. The van der Waals surface area contributed by atoms with E-state index in [9.17, 15) is 0 Å². The smallest absolute Gasteiger partial charge is 0.151 e. The molecule has 0 saturated heterocycles. The number of hydrogen-bond donors (Lipinski definition) is 1. The van der Waals surface area contributed by atoms with Crippen LogP contribution < -0.4 is 10.6 Å². The largest absolute Gasteiger partial charge is 0.346 e. The molecule has 0 amide bonds. The Morgan fingerprint density at radius 2 is 2.14 bits per heavy atom. The van der Waals surface area contributed by atoms with Crippen LogP contribution in [-0.2, 0) is 19.5 Å². The number of hydrogen-bond acceptors (Lipinski definition) is 4. The van der Waals surface area contributed by atoms with Crippen molar-refractivity contribution in [3.63, 3.8) is 0 Å². The van der Waals surface area contributed by atoms with Gasteiger partial charge in [0.25, 0.3) is 0 Å². The summed E-state index contributed by atoms with van der Waals surface area (Å²) in [5.41, 5.74) is 7.96. The van der Waals surface area contributed by atoms with Gasteiger partial charge in [-0.3, -0.25) is 0 Å². The first-order chi connectivity index (χ1) is 10.4. The molecule has 108 valence electrons. The monoisotopic (exact) mass is 282 g/mol. The maximum atomic E-state index is 5.79. The predicted octanol–water partition coefficient (Wildman–Crippen LogP) is 1.05. The average molecular weight is 282 g/mol. The van der Waals surface area contributed by atoms with Gasteiger partial charge in [0.15, 0.2) is 5.82 Å². The van der Waals surface area contributed by atoms with E-state index in [1.165, 1.54) is 5.69 Å². The molecule has 3 aromatic heterocycles. The van der Waals surface area contributed by atoms with E-state index in [0.29, 0.717) is 6.54 Å². The summed E-state index contributed by atoms with van der Waals surface area (Å²) >= 11 is 0. The zero-order valence-corrected chi connectivity index (χ0v) is 11.8. The summed E-state index contributed by atoms with van der Waals surface area (Å²) in [4.78, 5) is 11.5. The molecular weight excluding hydrogens is 264 g/mol. The summed E-state index contributed by atoms with van der Waals surface area (Å²) in [7, 11) is 0. The normalized spacial score (nSPS) is 14.6. The van der Waals surface area contributed by atoms with Crippen molar-refractivity contribution in [1.29, 1.82) is 0 Å². The molecule has 4 heterocycles. The fraction of sp³-hybridized carbons (Fsp3) is 0.333. The van der Waals surface area contributed by atoms with Crippen molar-refractivity contribution in [3.05, 3.63) is 48.3 Å². The molecule has 0 saturated carbocycles. The van der Waals surface area contributed by atoms with Crippen molar-refractivity contribution in [3.8, 4) is 0 Å². The number of pyridine rings is 1. The number of nitrogens with zero attached hydrogens (tertiary/aromatic N) is 5. The van der Waals surface area contributed by atoms with Gasteiger partial charge in [-0.25, -0.2) is 9.97 Å². The van der Waals surface area contributed by atoms with Gasteiger partial charge in [-0.15, -0.1) is 0 Å². The molecule has 1 aliphatic rings. The van der Waals surface area contributed by atoms with Crippen LogP contribution >= 0.6 is 0 Å². The molecule has 0 fully saturated rings. The van der Waals surface area contributed by atoms with Crippen LogP contribution in [0.1, 0.15) is 11.5 Å². The average Bonchev–Trinajstić information content (AvgIpc) is 3.11. The molecule has 3 aromatic rings. The van der Waals surface area contributed by atoms with Crippen LogP contribution in [-0.4, -0.2) is 32.0 Å². The van der Waals surface area contributed by atoms with Crippen LogP contribution in [0.3, 0.4) is 0 Å². The first-order valence-electron chi connectivity index (χ1n) is 7.28. The molecule has 21 heavy (non-hydrogen) atoms. The highest BCUT2D eigenvalue weighted by Gasteiger charge is 2.22. The number of fused-ring (bicyclic) bond motifs is 2. The minimum atomic E-state index is 0.623. The Bertz CT molecular complexity index is 771. The van der Waals surface area contributed by atoms with Gasteiger partial charge in [-0.05, 0) is 18.7 Å². The third-order valence-electron chi connectivity index (χ3n) is 4.03. The van der Waals surface area contributed by atoms with Crippen LogP contribution in [0.15, 0.2) is 36.8 Å². The number of rotatable bonds is 3. The van der Waals surface area contributed by atoms with E-state index < -0.39 is 0 Å². The molecule has 6 heteroatoms. The Kier molecular flexibility index (Phi) is 2.89. The first-order valence-corrected chi connectivity index (χ1v) is 7.28. The maximum Gasteiger partial charge on any atom is 0.151 e. The van der Waals surface area contributed by atoms with Gasteiger partial charge in [0.2, 0.25) is 0 Å². The molecule has 1 aliphatic heterocycles. The van der Waals surface area contributed by atoms with E-state index in [4.69, 9.17) is 10.7 Å². The number of aromatic nitrogens is 4. The van der Waals surface area contributed by atoms with E-state index in [-0.39, 0.29) is 0 Å². The Balaban J connectivity index is 1.78. The SMILES string of the molecule is NCCc1c(N2CCn3ccnc3C2)nc2ccccn12. The Morgan fingerprint density at radius 1 is 1.19 bits per heavy atom. The summed E-state index contributed by atoms with van der Waals surface area (Å²) in [5.74, 6) is 2.14. The van der Waals surface area contributed by atoms with Gasteiger partial charge < -0.3 is 19.6 Å². The summed E-state index contributed by atoms with van der Waals surface area (Å²) < 4.78 is 4.35. The van der Waals surface area contributed by atoms with Crippen molar-refractivity contribution in [2.45, 2.75) is 19.5 Å². The molecule has 0 unspecified atom stereocenters. The Labute approximate surface area is 122 Å². The number of nitrogens with two attached hydrogens (primary N) is 1. The molecule has 6 nitrogen and oxygen atoms in total. The topological polar surface area (TPSA) is 64.4 Å². The molecule has 0 spiro atoms. The van der Waals surface area contributed by atoms with Gasteiger partial charge in [-0.1, -0.05) is 6.07 Å². The zero-order valence-electron chi connectivity index (χ0n) is 11.8. The van der Waals surface area contributed by atoms with E-state index >= 15 is 0 Å². The Hall–Kier alpha value is -2.34. The van der Waals surface area contributed by atoms with Crippen molar-refractivity contribution in [1.82, 2.24) is 18.9 Å². The minimum absolute atomic E-state index is 0.623. The summed E-state index contributed by atoms with van der Waals surface area (Å²) in [6, 6.07) is 6.08. The van der Waals surface area contributed by atoms with Crippen LogP contribution in [0.25, 0.3) is 5.65 Å². The second-order valence-electron chi connectivity index (χ2n) is 5.31. The lowest BCUT2D eigenvalue weighted by Crippen LogP contribution is -2.34. The quantitative estimate of drug-likeness (QED) is 0.780. The summed E-state index contributed by atoms with van der Waals surface area (Å²) in [6.45, 7) is 3.32. The second-order valence-corrected chi connectivity index (χ2v) is 5.31. The fourth-order valence-electron chi connectivity index (χ4n) is 3.01. The van der Waals surface area contributed by atoms with Gasteiger partial charge in [0.05, 0.1) is 12.2 Å². The summed E-state index contributed by atoms with van der Waals surface area (Å²) in [5, 5.41) is 0. The third-order valence-corrected chi connectivity index (χ3v) is 4.03. The Morgan fingerprint density at radius 3 is 3.05 bits per heavy atom.